The Kier molecular flexibility index (Phi) is 10.8. The van der Waals surface area contributed by atoms with Crippen LogP contribution < -0.4 is 0 Å². The minimum atomic E-state index is 0.533. The number of nitrogens with zero attached hydrogens (tertiary/aromatic N) is 6. The number of fused-ring (bicyclic) bond motifs is 9. The van der Waals surface area contributed by atoms with Crippen molar-refractivity contribution in [2.24, 2.45) is 0 Å². The summed E-state index contributed by atoms with van der Waals surface area (Å²) in [7, 11) is 0. The van der Waals surface area contributed by atoms with Crippen LogP contribution in [0.1, 0.15) is 18.3 Å². The van der Waals surface area contributed by atoms with E-state index in [2.05, 4.69) is 264 Å². The molecule has 358 valence electrons. The van der Waals surface area contributed by atoms with Crippen molar-refractivity contribution in [1.82, 2.24) is 28.7 Å². The van der Waals surface area contributed by atoms with Gasteiger partial charge in [0, 0.05) is 49.0 Å². The molecule has 0 bridgehead atoms. The van der Waals surface area contributed by atoms with Gasteiger partial charge in [0.1, 0.15) is 0 Å². The standard InChI is InChI=1S/C70H48N6/c1-3-4-29-50(46(2)47-25-7-5-8-26-47)69-71-68(72-70(73-69)58-37-12-11-30-51(58)48-27-9-6-10-28-48)49-44-65(74-59-38-19-13-31-52(59)53-32-14-20-39-60(53)74)67(76-63-42-23-17-35-56(63)57-36-18-24-43-64(57)76)66(45-49)75-61-40-21-15-33-54(61)55-34-16-22-41-62(55)75/h3-45H,1H2,2H3/b29-4-,50-46-. The summed E-state index contributed by atoms with van der Waals surface area (Å²) in [6, 6.07) is 86.6. The number of aromatic nitrogens is 6. The second-order valence-electron chi connectivity index (χ2n) is 19.2. The van der Waals surface area contributed by atoms with Gasteiger partial charge < -0.3 is 13.7 Å². The average Bonchev–Trinajstić information content (AvgIpc) is 4.15. The van der Waals surface area contributed by atoms with E-state index in [9.17, 15) is 0 Å². The SMILES string of the molecule is C=C/C=C\C(=C(/C)c1ccccc1)c1nc(-c2cc(-n3c4ccccc4c4ccccc43)c(-n3c4ccccc4c4ccccc43)c(-n3c4ccccc4c4ccccc43)c2)nc(-c2ccccc2-c2ccccc2)n1. The molecular formula is C70H48N6. The van der Waals surface area contributed by atoms with E-state index < -0.39 is 0 Å². The van der Waals surface area contributed by atoms with Crippen molar-refractivity contribution in [3.05, 3.63) is 279 Å². The highest BCUT2D eigenvalue weighted by molar-refractivity contribution is 6.14. The maximum absolute atomic E-state index is 5.63. The summed E-state index contributed by atoms with van der Waals surface area (Å²) in [6.07, 6.45) is 5.83. The van der Waals surface area contributed by atoms with E-state index in [0.29, 0.717) is 17.5 Å². The van der Waals surface area contributed by atoms with Crippen molar-refractivity contribution < 1.29 is 0 Å². The summed E-state index contributed by atoms with van der Waals surface area (Å²) < 4.78 is 7.39. The molecule has 6 nitrogen and oxygen atoms in total. The Balaban J connectivity index is 1.19. The van der Waals surface area contributed by atoms with Crippen molar-refractivity contribution in [2.45, 2.75) is 6.92 Å². The molecular weight excluding hydrogens is 925 g/mol. The van der Waals surface area contributed by atoms with Gasteiger partial charge in [0.15, 0.2) is 17.5 Å². The molecule has 0 aliphatic rings. The summed E-state index contributed by atoms with van der Waals surface area (Å²) >= 11 is 0. The molecule has 0 aliphatic heterocycles. The Morgan fingerprint density at radius 1 is 0.382 bits per heavy atom. The Morgan fingerprint density at radius 2 is 0.763 bits per heavy atom. The number of para-hydroxylation sites is 6. The zero-order chi connectivity index (χ0) is 50.7. The van der Waals surface area contributed by atoms with Crippen LogP contribution >= 0.6 is 0 Å². The van der Waals surface area contributed by atoms with Gasteiger partial charge in [-0.25, -0.2) is 15.0 Å². The first-order valence-corrected chi connectivity index (χ1v) is 25.7. The highest BCUT2D eigenvalue weighted by Gasteiger charge is 2.27. The average molecular weight is 973 g/mol. The van der Waals surface area contributed by atoms with Crippen molar-refractivity contribution in [1.29, 1.82) is 0 Å². The molecule has 0 amide bonds. The number of hydrogen-bond donors (Lipinski definition) is 0. The first-order chi connectivity index (χ1) is 37.6. The van der Waals surface area contributed by atoms with Crippen LogP contribution in [0.5, 0.6) is 0 Å². The molecule has 0 unspecified atom stereocenters. The molecule has 10 aromatic carbocycles. The Hall–Kier alpha value is -10.2. The minimum absolute atomic E-state index is 0.533. The van der Waals surface area contributed by atoms with E-state index >= 15 is 0 Å². The normalized spacial score (nSPS) is 12.2. The number of hydrogen-bond acceptors (Lipinski definition) is 3. The van der Waals surface area contributed by atoms with Crippen LogP contribution in [0.4, 0.5) is 0 Å². The van der Waals surface area contributed by atoms with Gasteiger partial charge in [0.2, 0.25) is 0 Å². The molecule has 0 saturated heterocycles. The van der Waals surface area contributed by atoms with E-state index in [1.165, 1.54) is 10.8 Å². The van der Waals surface area contributed by atoms with Crippen LogP contribution in [0.25, 0.3) is 128 Å². The van der Waals surface area contributed by atoms with Gasteiger partial charge >= 0.3 is 0 Å². The molecule has 0 saturated carbocycles. The highest BCUT2D eigenvalue weighted by atomic mass is 15.1. The third-order valence-electron chi connectivity index (χ3n) is 14.9. The summed E-state index contributed by atoms with van der Waals surface area (Å²) in [5.41, 5.74) is 16.3. The fourth-order valence-electron chi connectivity index (χ4n) is 11.5. The summed E-state index contributed by atoms with van der Waals surface area (Å²) in [5.74, 6) is 1.64. The van der Waals surface area contributed by atoms with Gasteiger partial charge in [-0.15, -0.1) is 0 Å². The molecule has 0 fully saturated rings. The lowest BCUT2D eigenvalue weighted by molar-refractivity contribution is 1.02. The maximum atomic E-state index is 5.63. The van der Waals surface area contributed by atoms with Crippen LogP contribution in [-0.4, -0.2) is 28.7 Å². The van der Waals surface area contributed by atoms with E-state index in [0.717, 1.165) is 111 Å². The lowest BCUT2D eigenvalue weighted by atomic mass is 9.98. The van der Waals surface area contributed by atoms with E-state index in [1.807, 2.05) is 18.2 Å². The van der Waals surface area contributed by atoms with Crippen LogP contribution in [0, 0.1) is 0 Å². The maximum Gasteiger partial charge on any atom is 0.164 e. The van der Waals surface area contributed by atoms with Crippen molar-refractivity contribution in [2.75, 3.05) is 0 Å². The molecule has 0 aliphatic carbocycles. The minimum Gasteiger partial charge on any atom is -0.307 e. The summed E-state index contributed by atoms with van der Waals surface area (Å²) in [4.78, 5) is 16.7. The number of allylic oxidation sites excluding steroid dienone is 5. The van der Waals surface area contributed by atoms with Gasteiger partial charge in [0.05, 0.1) is 50.2 Å². The fourth-order valence-corrected chi connectivity index (χ4v) is 11.5. The quantitative estimate of drug-likeness (QED) is 0.128. The zero-order valence-electron chi connectivity index (χ0n) is 41.7. The van der Waals surface area contributed by atoms with Crippen molar-refractivity contribution in [3.63, 3.8) is 0 Å². The molecule has 0 atom stereocenters. The van der Waals surface area contributed by atoms with Gasteiger partial charge in [-0.3, -0.25) is 0 Å². The molecule has 0 N–H and O–H groups in total. The van der Waals surface area contributed by atoms with Crippen LogP contribution in [0.15, 0.2) is 267 Å². The molecule has 4 heterocycles. The van der Waals surface area contributed by atoms with Crippen molar-refractivity contribution in [3.8, 4) is 51.0 Å². The van der Waals surface area contributed by atoms with Crippen LogP contribution in [0.2, 0.25) is 0 Å². The topological polar surface area (TPSA) is 53.5 Å². The molecule has 14 rings (SSSR count). The summed E-state index contributed by atoms with van der Waals surface area (Å²) in [5, 5.41) is 7.01. The second kappa shape index (κ2) is 18.4. The van der Waals surface area contributed by atoms with Gasteiger partial charge in [-0.2, -0.15) is 0 Å². The Labute approximate surface area is 439 Å². The van der Waals surface area contributed by atoms with Crippen molar-refractivity contribution >= 4 is 76.6 Å². The van der Waals surface area contributed by atoms with Gasteiger partial charge in [-0.1, -0.05) is 219 Å². The predicted molar refractivity (Wildman–Crippen MR) is 317 cm³/mol. The molecule has 14 aromatic rings. The van der Waals surface area contributed by atoms with E-state index in [-0.39, 0.29) is 0 Å². The van der Waals surface area contributed by atoms with Crippen LogP contribution in [0.3, 0.4) is 0 Å². The lowest BCUT2D eigenvalue weighted by Crippen LogP contribution is -2.11. The first kappa shape index (κ1) is 44.5. The second-order valence-corrected chi connectivity index (χ2v) is 19.2. The molecule has 76 heavy (non-hydrogen) atoms. The smallest absolute Gasteiger partial charge is 0.164 e. The number of rotatable bonds is 10. The monoisotopic (exact) mass is 972 g/mol. The van der Waals surface area contributed by atoms with Crippen LogP contribution in [-0.2, 0) is 0 Å². The molecule has 6 heteroatoms. The molecule has 4 aromatic heterocycles. The largest absolute Gasteiger partial charge is 0.307 e. The fraction of sp³-hybridized carbons (Fsp3) is 0.0143. The lowest BCUT2D eigenvalue weighted by Gasteiger charge is -2.23. The molecule has 0 spiro atoms. The van der Waals surface area contributed by atoms with Gasteiger partial charge in [-0.05, 0) is 77.7 Å². The Bertz CT molecular complexity index is 4370. The van der Waals surface area contributed by atoms with Gasteiger partial charge in [0.25, 0.3) is 0 Å². The third kappa shape index (κ3) is 7.22. The highest BCUT2D eigenvalue weighted by Crippen LogP contribution is 2.45. The summed E-state index contributed by atoms with van der Waals surface area (Å²) in [6.45, 7) is 6.23. The third-order valence-corrected chi connectivity index (χ3v) is 14.9. The first-order valence-electron chi connectivity index (χ1n) is 25.7. The predicted octanol–water partition coefficient (Wildman–Crippen LogP) is 17.8. The van der Waals surface area contributed by atoms with E-state index in [1.54, 1.807) is 6.08 Å². The Morgan fingerprint density at radius 3 is 1.22 bits per heavy atom. The zero-order valence-corrected chi connectivity index (χ0v) is 41.7. The number of benzene rings is 10. The molecule has 0 radical (unpaired) electrons. The van der Waals surface area contributed by atoms with E-state index in [4.69, 9.17) is 15.0 Å².